The Morgan fingerprint density at radius 3 is 2.79 bits per heavy atom. The minimum Gasteiger partial charge on any atom is -0.462 e. The van der Waals surface area contributed by atoms with Gasteiger partial charge in [0.1, 0.15) is 5.75 Å². The zero-order valence-corrected chi connectivity index (χ0v) is 19.9. The van der Waals surface area contributed by atoms with Crippen molar-refractivity contribution in [3.8, 4) is 17.0 Å². The van der Waals surface area contributed by atoms with Gasteiger partial charge >= 0.3 is 0 Å². The molecule has 0 amide bonds. The van der Waals surface area contributed by atoms with Crippen LogP contribution in [0.4, 0.5) is 4.39 Å². The smallest absolute Gasteiger partial charge is 0.228 e. The molecule has 176 valence electrons. The van der Waals surface area contributed by atoms with Crippen LogP contribution < -0.4 is 4.74 Å². The summed E-state index contributed by atoms with van der Waals surface area (Å²) in [5.74, 6) is 1.85. The molecule has 1 saturated carbocycles. The van der Waals surface area contributed by atoms with E-state index in [9.17, 15) is 4.39 Å². The van der Waals surface area contributed by atoms with E-state index in [1.54, 1.807) is 0 Å². The van der Waals surface area contributed by atoms with Gasteiger partial charge in [0.05, 0.1) is 24.0 Å². The number of nitrogens with zero attached hydrogens (tertiary/aromatic N) is 3. The van der Waals surface area contributed by atoms with Crippen molar-refractivity contribution < 1.29 is 13.9 Å². The van der Waals surface area contributed by atoms with Crippen molar-refractivity contribution in [3.05, 3.63) is 53.2 Å². The van der Waals surface area contributed by atoms with Gasteiger partial charge in [0, 0.05) is 36.2 Å². The molecule has 2 atom stereocenters. The Kier molecular flexibility index (Phi) is 6.39. The maximum Gasteiger partial charge on any atom is 0.228 e. The van der Waals surface area contributed by atoms with Gasteiger partial charge in [-0.1, -0.05) is 19.1 Å². The van der Waals surface area contributed by atoms with E-state index in [0.717, 1.165) is 66.5 Å². The molecule has 1 aromatic carbocycles. The van der Waals surface area contributed by atoms with Crippen LogP contribution in [0.15, 0.2) is 36.5 Å². The third-order valence-corrected chi connectivity index (χ3v) is 7.20. The first-order chi connectivity index (χ1) is 16.1. The normalized spacial score (nSPS) is 19.5. The molecule has 1 aliphatic heterocycles. The second kappa shape index (κ2) is 9.43. The molecule has 0 N–H and O–H groups in total. The lowest BCUT2D eigenvalue weighted by atomic mass is 9.91. The van der Waals surface area contributed by atoms with Crippen molar-refractivity contribution in [3.63, 3.8) is 0 Å². The van der Waals surface area contributed by atoms with Gasteiger partial charge in [-0.05, 0) is 74.9 Å². The summed E-state index contributed by atoms with van der Waals surface area (Å²) in [4.78, 5) is 2.63. The SMILES string of the molecule is CCN(CC1CC1)C(c1cnn2c(-c3c(C)cc(C)cc3OCF)cccc12)C1CCOC1. The number of hydrogen-bond donors (Lipinski definition) is 0. The second-order valence-electron chi connectivity index (χ2n) is 9.62. The predicted octanol–water partition coefficient (Wildman–Crippen LogP) is 5.73. The van der Waals surface area contributed by atoms with Crippen LogP contribution >= 0.6 is 0 Å². The van der Waals surface area contributed by atoms with Crippen molar-refractivity contribution in [1.82, 2.24) is 14.5 Å². The van der Waals surface area contributed by atoms with Gasteiger partial charge in [-0.3, -0.25) is 4.90 Å². The van der Waals surface area contributed by atoms with Gasteiger partial charge in [-0.2, -0.15) is 5.10 Å². The average Bonchev–Trinajstić information content (AvgIpc) is 3.27. The first-order valence-electron chi connectivity index (χ1n) is 12.2. The Morgan fingerprint density at radius 1 is 1.24 bits per heavy atom. The molecule has 0 radical (unpaired) electrons. The summed E-state index contributed by atoms with van der Waals surface area (Å²) in [5.41, 5.74) is 6.27. The summed E-state index contributed by atoms with van der Waals surface area (Å²) in [6.45, 7) is 9.24. The summed E-state index contributed by atoms with van der Waals surface area (Å²) in [6.07, 6.45) is 5.80. The fourth-order valence-corrected chi connectivity index (χ4v) is 5.50. The van der Waals surface area contributed by atoms with Gasteiger partial charge in [0.25, 0.3) is 0 Å². The molecule has 2 aromatic heterocycles. The molecule has 33 heavy (non-hydrogen) atoms. The molecule has 3 aromatic rings. The average molecular weight is 452 g/mol. The number of alkyl halides is 1. The van der Waals surface area contributed by atoms with E-state index in [1.807, 2.05) is 36.7 Å². The zero-order valence-electron chi connectivity index (χ0n) is 19.9. The minimum atomic E-state index is -0.855. The third-order valence-electron chi connectivity index (χ3n) is 7.20. The molecular weight excluding hydrogens is 417 g/mol. The Bertz CT molecular complexity index is 1120. The van der Waals surface area contributed by atoms with Crippen molar-refractivity contribution in [2.45, 2.75) is 46.1 Å². The van der Waals surface area contributed by atoms with Crippen LogP contribution in [0.1, 0.15) is 48.9 Å². The predicted molar refractivity (Wildman–Crippen MR) is 128 cm³/mol. The maximum absolute atomic E-state index is 13.2. The molecule has 0 bridgehead atoms. The molecular formula is C27H34FN3O2. The van der Waals surface area contributed by atoms with Gasteiger partial charge in [0.2, 0.25) is 6.86 Å². The van der Waals surface area contributed by atoms with E-state index in [-0.39, 0.29) is 6.04 Å². The van der Waals surface area contributed by atoms with E-state index >= 15 is 0 Å². The van der Waals surface area contributed by atoms with Crippen LogP contribution in [0.5, 0.6) is 5.75 Å². The number of pyridine rings is 1. The van der Waals surface area contributed by atoms with Gasteiger partial charge in [-0.25, -0.2) is 8.91 Å². The Hall–Kier alpha value is -2.44. The number of ether oxygens (including phenoxy) is 2. The zero-order chi connectivity index (χ0) is 22.9. The lowest BCUT2D eigenvalue weighted by molar-refractivity contribution is 0.119. The molecule has 0 spiro atoms. The lowest BCUT2D eigenvalue weighted by Gasteiger charge is -2.34. The monoisotopic (exact) mass is 451 g/mol. The number of fused-ring (bicyclic) bond motifs is 1. The van der Waals surface area contributed by atoms with E-state index in [1.165, 1.54) is 18.4 Å². The highest BCUT2D eigenvalue weighted by Gasteiger charge is 2.36. The number of aryl methyl sites for hydroxylation is 2. The largest absolute Gasteiger partial charge is 0.462 e. The van der Waals surface area contributed by atoms with Gasteiger partial charge in [0.15, 0.2) is 0 Å². The van der Waals surface area contributed by atoms with Gasteiger partial charge < -0.3 is 9.47 Å². The quantitative estimate of drug-likeness (QED) is 0.416. The molecule has 2 aliphatic rings. The first-order valence-corrected chi connectivity index (χ1v) is 12.2. The molecule has 2 unspecified atom stereocenters. The molecule has 5 rings (SSSR count). The third kappa shape index (κ3) is 4.38. The molecule has 2 fully saturated rings. The highest BCUT2D eigenvalue weighted by molar-refractivity contribution is 5.75. The fourth-order valence-electron chi connectivity index (χ4n) is 5.50. The molecule has 3 heterocycles. The van der Waals surface area contributed by atoms with Crippen LogP contribution in [0.25, 0.3) is 16.8 Å². The van der Waals surface area contributed by atoms with Crippen LogP contribution in [-0.4, -0.2) is 47.7 Å². The highest BCUT2D eigenvalue weighted by atomic mass is 19.1. The molecule has 5 nitrogen and oxygen atoms in total. The van der Waals surface area contributed by atoms with Crippen LogP contribution in [0.3, 0.4) is 0 Å². The van der Waals surface area contributed by atoms with E-state index in [2.05, 4.69) is 30.0 Å². The van der Waals surface area contributed by atoms with Crippen LogP contribution in [0, 0.1) is 25.7 Å². The number of rotatable bonds is 9. The topological polar surface area (TPSA) is 39.0 Å². The Morgan fingerprint density at radius 2 is 2.09 bits per heavy atom. The summed E-state index contributed by atoms with van der Waals surface area (Å²) in [6, 6.07) is 10.6. The van der Waals surface area contributed by atoms with E-state index < -0.39 is 6.86 Å². The Labute approximate surface area is 195 Å². The molecule has 6 heteroatoms. The van der Waals surface area contributed by atoms with Crippen LogP contribution in [0.2, 0.25) is 0 Å². The Balaban J connectivity index is 1.62. The highest BCUT2D eigenvalue weighted by Crippen LogP contribution is 2.41. The number of aromatic nitrogens is 2. The van der Waals surface area contributed by atoms with Crippen molar-refractivity contribution >= 4 is 5.52 Å². The lowest BCUT2D eigenvalue weighted by Crippen LogP contribution is -2.35. The van der Waals surface area contributed by atoms with Crippen molar-refractivity contribution in [2.75, 3.05) is 33.2 Å². The fraction of sp³-hybridized carbons (Fsp3) is 0.519. The van der Waals surface area contributed by atoms with E-state index in [0.29, 0.717) is 11.7 Å². The second-order valence-corrected chi connectivity index (χ2v) is 9.62. The van der Waals surface area contributed by atoms with Gasteiger partial charge in [-0.15, -0.1) is 0 Å². The molecule has 1 aliphatic carbocycles. The summed E-state index contributed by atoms with van der Waals surface area (Å²) >= 11 is 0. The standard InChI is InChI=1S/C27H34FN3O2/c1-4-30(15-20-8-9-20)27(21-10-11-32-16-21)22-14-29-31-23(22)6-5-7-24(31)26-19(3)12-18(2)13-25(26)33-17-28/h5-7,12-14,20-21,27H,4,8-11,15-17H2,1-3H3. The number of hydrogen-bond acceptors (Lipinski definition) is 4. The molecule has 1 saturated heterocycles. The number of halogens is 1. The van der Waals surface area contributed by atoms with Crippen LogP contribution in [-0.2, 0) is 4.74 Å². The summed E-state index contributed by atoms with van der Waals surface area (Å²) in [7, 11) is 0. The van der Waals surface area contributed by atoms with Crippen molar-refractivity contribution in [1.29, 1.82) is 0 Å². The number of benzene rings is 1. The summed E-state index contributed by atoms with van der Waals surface area (Å²) in [5, 5.41) is 4.86. The van der Waals surface area contributed by atoms with Crippen molar-refractivity contribution in [2.24, 2.45) is 11.8 Å². The maximum atomic E-state index is 13.2. The summed E-state index contributed by atoms with van der Waals surface area (Å²) < 4.78 is 26.4. The first kappa shape index (κ1) is 22.4. The van der Waals surface area contributed by atoms with E-state index in [4.69, 9.17) is 14.6 Å². The minimum absolute atomic E-state index is 0.284.